The van der Waals surface area contributed by atoms with Gasteiger partial charge in [0.25, 0.3) is 0 Å². The third kappa shape index (κ3) is 6.79. The van der Waals surface area contributed by atoms with Crippen molar-refractivity contribution in [3.8, 4) is 0 Å². The van der Waals surface area contributed by atoms with Gasteiger partial charge in [0.15, 0.2) is 5.96 Å². The van der Waals surface area contributed by atoms with Crippen LogP contribution in [0.4, 0.5) is 0 Å². The molecule has 27 heavy (non-hydrogen) atoms. The van der Waals surface area contributed by atoms with Crippen LogP contribution in [0.25, 0.3) is 0 Å². The summed E-state index contributed by atoms with van der Waals surface area (Å²) in [6.07, 6.45) is 5.27. The summed E-state index contributed by atoms with van der Waals surface area (Å²) in [4.78, 5) is 12.5. The molecular weight excluding hydrogens is 378 g/mol. The number of nitrogens with zero attached hydrogens (tertiary/aromatic N) is 3. The first-order chi connectivity index (χ1) is 13.2. The van der Waals surface area contributed by atoms with Crippen LogP contribution < -0.4 is 10.6 Å². The van der Waals surface area contributed by atoms with Crippen molar-refractivity contribution in [2.24, 2.45) is 10.9 Å². The lowest BCUT2D eigenvalue weighted by atomic mass is 9.98. The van der Waals surface area contributed by atoms with Gasteiger partial charge in [-0.2, -0.15) is 0 Å². The summed E-state index contributed by atoms with van der Waals surface area (Å²) in [6.45, 7) is 5.21. The number of aliphatic imine (C=N–C) groups is 1. The van der Waals surface area contributed by atoms with Gasteiger partial charge in [0.2, 0.25) is 0 Å². The highest BCUT2D eigenvalue weighted by Crippen LogP contribution is 2.19. The fourth-order valence-corrected chi connectivity index (χ4v) is 4.28. The lowest BCUT2D eigenvalue weighted by Crippen LogP contribution is -2.44. The highest BCUT2D eigenvalue weighted by molar-refractivity contribution is 7.09. The molecule has 1 unspecified atom stereocenters. The van der Waals surface area contributed by atoms with Gasteiger partial charge < -0.3 is 10.6 Å². The Hall–Kier alpha value is -1.63. The first kappa shape index (κ1) is 20.1. The smallest absolute Gasteiger partial charge is 0.190 e. The van der Waals surface area contributed by atoms with Crippen LogP contribution in [0.2, 0.25) is 5.15 Å². The lowest BCUT2D eigenvalue weighted by molar-refractivity contribution is 0.169. The van der Waals surface area contributed by atoms with Crippen molar-refractivity contribution in [3.05, 3.63) is 51.4 Å². The molecule has 146 valence electrons. The van der Waals surface area contributed by atoms with Crippen molar-refractivity contribution < 1.29 is 0 Å². The number of aromatic nitrogens is 1. The molecule has 1 atom stereocenters. The summed E-state index contributed by atoms with van der Waals surface area (Å²) < 4.78 is 0. The number of piperidine rings is 1. The Balaban J connectivity index is 1.37. The van der Waals surface area contributed by atoms with Gasteiger partial charge in [-0.1, -0.05) is 23.7 Å². The fourth-order valence-electron chi connectivity index (χ4n) is 3.43. The van der Waals surface area contributed by atoms with Gasteiger partial charge in [0.1, 0.15) is 5.15 Å². The van der Waals surface area contributed by atoms with E-state index in [4.69, 9.17) is 11.6 Å². The Morgan fingerprint density at radius 2 is 2.30 bits per heavy atom. The van der Waals surface area contributed by atoms with E-state index in [1.54, 1.807) is 0 Å². The van der Waals surface area contributed by atoms with Crippen molar-refractivity contribution in [2.75, 3.05) is 33.2 Å². The normalized spacial score (nSPS) is 18.4. The van der Waals surface area contributed by atoms with Gasteiger partial charge in [-0.15, -0.1) is 11.3 Å². The number of thiophene rings is 1. The molecule has 0 bridgehead atoms. The third-order valence-electron chi connectivity index (χ3n) is 4.84. The van der Waals surface area contributed by atoms with Gasteiger partial charge in [-0.05, 0) is 54.8 Å². The minimum atomic E-state index is 0.532. The predicted molar refractivity (Wildman–Crippen MR) is 115 cm³/mol. The Morgan fingerprint density at radius 3 is 3.04 bits per heavy atom. The molecule has 5 nitrogen and oxygen atoms in total. The van der Waals surface area contributed by atoms with E-state index in [0.29, 0.717) is 11.1 Å². The van der Waals surface area contributed by atoms with E-state index in [2.05, 4.69) is 43.0 Å². The number of hydrogen-bond acceptors (Lipinski definition) is 4. The van der Waals surface area contributed by atoms with Crippen molar-refractivity contribution in [1.29, 1.82) is 0 Å². The summed E-state index contributed by atoms with van der Waals surface area (Å²) >= 11 is 7.67. The molecule has 2 aromatic heterocycles. The average Bonchev–Trinajstić information content (AvgIpc) is 3.19. The molecule has 0 spiro atoms. The van der Waals surface area contributed by atoms with Gasteiger partial charge >= 0.3 is 0 Å². The molecule has 1 aliphatic rings. The summed E-state index contributed by atoms with van der Waals surface area (Å²) in [5.74, 6) is 1.53. The molecule has 0 aromatic carbocycles. The van der Waals surface area contributed by atoms with Crippen LogP contribution in [0.1, 0.15) is 23.3 Å². The lowest BCUT2D eigenvalue weighted by Gasteiger charge is -2.32. The number of pyridine rings is 1. The molecule has 0 saturated carbocycles. The molecule has 1 fully saturated rings. The second-order valence-corrected chi connectivity index (χ2v) is 8.36. The number of guanidine groups is 1. The monoisotopic (exact) mass is 405 g/mol. The number of rotatable bonds is 7. The highest BCUT2D eigenvalue weighted by Gasteiger charge is 2.20. The van der Waals surface area contributed by atoms with E-state index in [0.717, 1.165) is 38.6 Å². The molecule has 2 N–H and O–H groups in total. The Bertz CT molecular complexity index is 702. The van der Waals surface area contributed by atoms with Crippen molar-refractivity contribution in [3.63, 3.8) is 0 Å². The zero-order valence-electron chi connectivity index (χ0n) is 15.8. The number of hydrogen-bond donors (Lipinski definition) is 2. The Labute approximate surface area is 170 Å². The van der Waals surface area contributed by atoms with E-state index < -0.39 is 0 Å². The van der Waals surface area contributed by atoms with Crippen molar-refractivity contribution >= 4 is 28.9 Å². The van der Waals surface area contributed by atoms with Crippen LogP contribution >= 0.6 is 22.9 Å². The van der Waals surface area contributed by atoms with Crippen LogP contribution in [0.5, 0.6) is 0 Å². The van der Waals surface area contributed by atoms with Crippen LogP contribution in [0.15, 0.2) is 40.8 Å². The summed E-state index contributed by atoms with van der Waals surface area (Å²) in [7, 11) is 1.82. The third-order valence-corrected chi connectivity index (χ3v) is 5.92. The molecule has 7 heteroatoms. The van der Waals surface area contributed by atoms with Gasteiger partial charge in [0.05, 0.1) is 0 Å². The molecule has 0 amide bonds. The first-order valence-electron chi connectivity index (χ1n) is 9.52. The van der Waals surface area contributed by atoms with Crippen LogP contribution in [-0.2, 0) is 13.0 Å². The fraction of sp³-hybridized carbons (Fsp3) is 0.500. The van der Waals surface area contributed by atoms with Crippen molar-refractivity contribution in [2.45, 2.75) is 25.8 Å². The quantitative estimate of drug-likeness (QED) is 0.421. The maximum absolute atomic E-state index is 5.82. The molecule has 2 aromatic rings. The van der Waals surface area contributed by atoms with E-state index in [-0.39, 0.29) is 0 Å². The molecule has 3 rings (SSSR count). The second kappa shape index (κ2) is 10.6. The molecule has 0 radical (unpaired) electrons. The molecule has 3 heterocycles. The standard InChI is InChI=1S/C20H28ClN5S/c1-22-20(23-9-8-16-6-7-19(21)24-12-16)25-13-17-4-2-10-26(14-17)15-18-5-3-11-27-18/h3,5-7,11-12,17H,2,4,8-10,13-15H2,1H3,(H2,22,23,25). The van der Waals surface area contributed by atoms with Gasteiger partial charge in [-0.3, -0.25) is 9.89 Å². The van der Waals surface area contributed by atoms with Gasteiger partial charge in [-0.25, -0.2) is 4.98 Å². The topological polar surface area (TPSA) is 52.6 Å². The average molecular weight is 406 g/mol. The zero-order chi connectivity index (χ0) is 18.9. The number of halogens is 1. The second-order valence-electron chi connectivity index (χ2n) is 6.94. The Kier molecular flexibility index (Phi) is 7.93. The van der Waals surface area contributed by atoms with Crippen LogP contribution in [0.3, 0.4) is 0 Å². The minimum absolute atomic E-state index is 0.532. The first-order valence-corrected chi connectivity index (χ1v) is 10.8. The summed E-state index contributed by atoms with van der Waals surface area (Å²) in [6, 6.07) is 8.21. The number of likely N-dealkylation sites (tertiary alicyclic amines) is 1. The largest absolute Gasteiger partial charge is 0.356 e. The van der Waals surface area contributed by atoms with Gasteiger partial charge in [0, 0.05) is 44.3 Å². The van der Waals surface area contributed by atoms with E-state index in [9.17, 15) is 0 Å². The summed E-state index contributed by atoms with van der Waals surface area (Å²) in [5.41, 5.74) is 1.17. The predicted octanol–water partition coefficient (Wildman–Crippen LogP) is 3.42. The molecular formula is C20H28ClN5S. The summed E-state index contributed by atoms with van der Waals surface area (Å²) in [5, 5.41) is 9.57. The maximum atomic E-state index is 5.82. The van der Waals surface area contributed by atoms with E-state index >= 15 is 0 Å². The maximum Gasteiger partial charge on any atom is 0.190 e. The SMILES string of the molecule is CN=C(NCCc1ccc(Cl)nc1)NCC1CCCN(Cc2cccs2)C1. The van der Waals surface area contributed by atoms with Crippen LogP contribution in [0, 0.1) is 5.92 Å². The molecule has 1 saturated heterocycles. The highest BCUT2D eigenvalue weighted by atomic mass is 35.5. The molecule has 1 aliphatic heterocycles. The number of nitrogens with one attached hydrogen (secondary N) is 2. The Morgan fingerprint density at radius 1 is 1.37 bits per heavy atom. The molecule has 0 aliphatic carbocycles. The van der Waals surface area contributed by atoms with E-state index in [1.807, 2.05) is 36.7 Å². The van der Waals surface area contributed by atoms with Crippen molar-refractivity contribution in [1.82, 2.24) is 20.5 Å². The minimum Gasteiger partial charge on any atom is -0.356 e. The van der Waals surface area contributed by atoms with E-state index in [1.165, 1.54) is 29.8 Å². The zero-order valence-corrected chi connectivity index (χ0v) is 17.4. The van der Waals surface area contributed by atoms with Crippen LogP contribution in [-0.4, -0.2) is 49.1 Å².